The molecule has 0 saturated carbocycles. The van der Waals surface area contributed by atoms with Gasteiger partial charge in [0.05, 0.1) is 0 Å². The number of unbranched alkanes of at least 4 members (excludes halogenated alkanes) is 1. The average Bonchev–Trinajstić information content (AvgIpc) is 2.00. The molecule has 0 heterocycles. The van der Waals surface area contributed by atoms with Gasteiger partial charge < -0.3 is 14.6 Å². The molecule has 4 nitrogen and oxygen atoms in total. The fraction of sp³-hybridized carbons (Fsp3) is 0.875. The molecule has 1 atom stereocenters. The quantitative estimate of drug-likeness (QED) is 0.498. The fourth-order valence-corrected chi connectivity index (χ4v) is 0.845. The van der Waals surface area contributed by atoms with Gasteiger partial charge in [-0.15, -0.1) is 0 Å². The van der Waals surface area contributed by atoms with Crippen LogP contribution in [0.15, 0.2) is 0 Å². The predicted octanol–water partition coefficient (Wildman–Crippen LogP) is 2.23. The molecular formula is C8H16O4. The Hall–Kier alpha value is -0.770. The third-order valence-electron chi connectivity index (χ3n) is 1.38. The maximum Gasteiger partial charge on any atom is 0.508 e. The Kier molecular flexibility index (Phi) is 6.47. The van der Waals surface area contributed by atoms with Gasteiger partial charge in [-0.3, -0.25) is 0 Å². The summed E-state index contributed by atoms with van der Waals surface area (Å²) in [5, 5.41) is 8.31. The molecule has 0 aromatic carbocycles. The molecule has 1 unspecified atom stereocenters. The van der Waals surface area contributed by atoms with Gasteiger partial charge in [0.15, 0.2) is 0 Å². The van der Waals surface area contributed by atoms with E-state index in [1.165, 1.54) is 0 Å². The number of hydrogen-bond donors (Lipinski definition) is 1. The molecule has 0 aromatic heterocycles. The van der Waals surface area contributed by atoms with E-state index >= 15 is 0 Å². The Balaban J connectivity index is 3.61. The van der Waals surface area contributed by atoms with Crippen molar-refractivity contribution in [1.29, 1.82) is 0 Å². The van der Waals surface area contributed by atoms with Crippen molar-refractivity contribution in [2.24, 2.45) is 0 Å². The maximum absolute atomic E-state index is 10.1. The molecular weight excluding hydrogens is 160 g/mol. The summed E-state index contributed by atoms with van der Waals surface area (Å²) >= 11 is 0. The first-order valence-electron chi connectivity index (χ1n) is 4.21. The van der Waals surface area contributed by atoms with Gasteiger partial charge in [0.1, 0.15) is 0 Å². The second-order valence-corrected chi connectivity index (χ2v) is 2.41. The molecule has 0 saturated heterocycles. The first-order chi connectivity index (χ1) is 5.70. The van der Waals surface area contributed by atoms with Gasteiger partial charge in [0.25, 0.3) is 0 Å². The molecule has 12 heavy (non-hydrogen) atoms. The van der Waals surface area contributed by atoms with E-state index < -0.39 is 12.4 Å². The lowest BCUT2D eigenvalue weighted by Crippen LogP contribution is -2.20. The van der Waals surface area contributed by atoms with Crippen LogP contribution in [0.3, 0.4) is 0 Å². The summed E-state index contributed by atoms with van der Waals surface area (Å²) in [7, 11) is 0. The highest BCUT2D eigenvalue weighted by molar-refractivity contribution is 5.56. The van der Waals surface area contributed by atoms with E-state index in [4.69, 9.17) is 9.84 Å². The van der Waals surface area contributed by atoms with E-state index in [1.807, 2.05) is 13.8 Å². The van der Waals surface area contributed by atoms with Crippen molar-refractivity contribution in [2.75, 3.05) is 6.61 Å². The topological polar surface area (TPSA) is 55.8 Å². The summed E-state index contributed by atoms with van der Waals surface area (Å²) in [6.45, 7) is 4.32. The van der Waals surface area contributed by atoms with Gasteiger partial charge in [-0.05, 0) is 13.3 Å². The van der Waals surface area contributed by atoms with Gasteiger partial charge in [0, 0.05) is 13.0 Å². The van der Waals surface area contributed by atoms with E-state index in [-0.39, 0.29) is 0 Å². The SMILES string of the molecule is CCCCC(OCC)OC(=O)O. The van der Waals surface area contributed by atoms with Gasteiger partial charge in [-0.2, -0.15) is 0 Å². The first-order valence-corrected chi connectivity index (χ1v) is 4.21. The monoisotopic (exact) mass is 176 g/mol. The highest BCUT2D eigenvalue weighted by atomic mass is 16.8. The van der Waals surface area contributed by atoms with Crippen molar-refractivity contribution >= 4 is 6.16 Å². The van der Waals surface area contributed by atoms with Crippen LogP contribution in [0.5, 0.6) is 0 Å². The Labute approximate surface area is 72.5 Å². The summed E-state index contributed by atoms with van der Waals surface area (Å²) in [6.07, 6.45) is 0.693. The predicted molar refractivity (Wildman–Crippen MR) is 44.0 cm³/mol. The average molecular weight is 176 g/mol. The Bertz CT molecular complexity index is 124. The Morgan fingerprint density at radius 1 is 1.50 bits per heavy atom. The summed E-state index contributed by atoms with van der Waals surface area (Å²) < 4.78 is 9.54. The highest BCUT2D eigenvalue weighted by Gasteiger charge is 2.11. The highest BCUT2D eigenvalue weighted by Crippen LogP contribution is 2.06. The largest absolute Gasteiger partial charge is 0.508 e. The van der Waals surface area contributed by atoms with Crippen LogP contribution < -0.4 is 0 Å². The minimum Gasteiger partial charge on any atom is -0.450 e. The lowest BCUT2D eigenvalue weighted by atomic mass is 10.2. The Morgan fingerprint density at radius 2 is 2.17 bits per heavy atom. The molecule has 0 spiro atoms. The maximum atomic E-state index is 10.1. The van der Waals surface area contributed by atoms with Crippen LogP contribution in [-0.4, -0.2) is 24.2 Å². The second-order valence-electron chi connectivity index (χ2n) is 2.41. The van der Waals surface area contributed by atoms with Crippen molar-refractivity contribution < 1.29 is 19.4 Å². The van der Waals surface area contributed by atoms with Crippen LogP contribution in [0, 0.1) is 0 Å². The van der Waals surface area contributed by atoms with Crippen molar-refractivity contribution in [2.45, 2.75) is 39.4 Å². The lowest BCUT2D eigenvalue weighted by molar-refractivity contribution is -0.117. The van der Waals surface area contributed by atoms with Crippen molar-refractivity contribution in [1.82, 2.24) is 0 Å². The minimum absolute atomic E-state index is 0.474. The van der Waals surface area contributed by atoms with Gasteiger partial charge in [0.2, 0.25) is 6.29 Å². The summed E-state index contributed by atoms with van der Waals surface area (Å²) in [5.41, 5.74) is 0. The molecule has 0 aliphatic carbocycles. The molecule has 0 radical (unpaired) electrons. The van der Waals surface area contributed by atoms with Gasteiger partial charge in [-0.1, -0.05) is 13.3 Å². The van der Waals surface area contributed by atoms with Crippen LogP contribution >= 0.6 is 0 Å². The third-order valence-corrected chi connectivity index (χ3v) is 1.38. The van der Waals surface area contributed by atoms with Crippen LogP contribution in [0.4, 0.5) is 4.79 Å². The van der Waals surface area contributed by atoms with E-state index in [0.717, 1.165) is 12.8 Å². The molecule has 0 rings (SSSR count). The van der Waals surface area contributed by atoms with Gasteiger partial charge in [-0.25, -0.2) is 4.79 Å². The van der Waals surface area contributed by atoms with Gasteiger partial charge >= 0.3 is 6.16 Å². The minimum atomic E-state index is -1.27. The zero-order chi connectivity index (χ0) is 9.40. The number of ether oxygens (including phenoxy) is 2. The number of rotatable bonds is 6. The summed E-state index contributed by atoms with van der Waals surface area (Å²) in [6, 6.07) is 0. The first kappa shape index (κ1) is 11.2. The van der Waals surface area contributed by atoms with Crippen molar-refractivity contribution in [3.05, 3.63) is 0 Å². The van der Waals surface area contributed by atoms with Crippen LogP contribution in [0.25, 0.3) is 0 Å². The molecule has 0 fully saturated rings. The van der Waals surface area contributed by atoms with Crippen molar-refractivity contribution in [3.8, 4) is 0 Å². The van der Waals surface area contributed by atoms with Crippen molar-refractivity contribution in [3.63, 3.8) is 0 Å². The van der Waals surface area contributed by atoms with Crippen LogP contribution in [0.2, 0.25) is 0 Å². The van der Waals surface area contributed by atoms with E-state index in [1.54, 1.807) is 0 Å². The fourth-order valence-electron chi connectivity index (χ4n) is 0.845. The lowest BCUT2D eigenvalue weighted by Gasteiger charge is -2.14. The van der Waals surface area contributed by atoms with E-state index in [2.05, 4.69) is 4.74 Å². The summed E-state index contributed by atoms with van der Waals surface area (Å²) in [4.78, 5) is 10.1. The van der Waals surface area contributed by atoms with Crippen LogP contribution in [-0.2, 0) is 9.47 Å². The number of hydrogen-bond acceptors (Lipinski definition) is 3. The second kappa shape index (κ2) is 6.91. The molecule has 1 N–H and O–H groups in total. The number of carboxylic acid groups (broad SMARTS) is 1. The molecule has 0 aromatic rings. The third kappa shape index (κ3) is 5.97. The zero-order valence-electron chi connectivity index (χ0n) is 7.58. The molecule has 0 bridgehead atoms. The van der Waals surface area contributed by atoms with Crippen LogP contribution in [0.1, 0.15) is 33.1 Å². The smallest absolute Gasteiger partial charge is 0.450 e. The molecule has 0 amide bonds. The zero-order valence-corrected chi connectivity index (χ0v) is 7.58. The molecule has 72 valence electrons. The molecule has 0 aliphatic heterocycles. The molecule has 0 aliphatic rings. The van der Waals surface area contributed by atoms with E-state index in [0.29, 0.717) is 13.0 Å². The number of carbonyl (C=O) groups is 1. The molecule has 4 heteroatoms. The standard InChI is InChI=1S/C8H16O4/c1-3-5-6-7(11-4-2)12-8(9)10/h7H,3-6H2,1-2H3,(H,9,10). The normalized spacial score (nSPS) is 12.5. The Morgan fingerprint density at radius 3 is 2.58 bits per heavy atom. The van der Waals surface area contributed by atoms with E-state index in [9.17, 15) is 4.79 Å². The summed E-state index contributed by atoms with van der Waals surface area (Å²) in [5.74, 6) is 0.